The van der Waals surface area contributed by atoms with Crippen molar-refractivity contribution in [3.63, 3.8) is 0 Å². The Morgan fingerprint density at radius 3 is 2.24 bits per heavy atom. The number of hydrogen-bond donors (Lipinski definition) is 2. The predicted octanol–water partition coefficient (Wildman–Crippen LogP) is 1.43. The van der Waals surface area contributed by atoms with E-state index in [1.807, 2.05) is 18.2 Å². The monoisotopic (exact) mass is 236 g/mol. The molecule has 0 bridgehead atoms. The summed E-state index contributed by atoms with van der Waals surface area (Å²) in [6.45, 7) is 3.12. The highest BCUT2D eigenvalue weighted by Crippen LogP contribution is 2.17. The predicted molar refractivity (Wildman–Crippen MR) is 63.3 cm³/mol. The van der Waals surface area contributed by atoms with Gasteiger partial charge in [-0.25, -0.2) is 4.79 Å². The molecule has 2 amide bonds. The van der Waals surface area contributed by atoms with E-state index in [-0.39, 0.29) is 6.54 Å². The maximum atomic E-state index is 11.3. The van der Waals surface area contributed by atoms with Gasteiger partial charge < -0.3 is 10.8 Å². The number of primary amides is 1. The van der Waals surface area contributed by atoms with Gasteiger partial charge in [0.1, 0.15) is 5.54 Å². The Labute approximate surface area is 99.8 Å². The van der Waals surface area contributed by atoms with Crippen molar-refractivity contribution in [2.24, 2.45) is 5.73 Å². The van der Waals surface area contributed by atoms with Gasteiger partial charge in [0.2, 0.25) is 5.91 Å². The lowest BCUT2D eigenvalue weighted by molar-refractivity contribution is -0.127. The van der Waals surface area contributed by atoms with E-state index in [9.17, 15) is 9.59 Å². The molecule has 0 atom stereocenters. The van der Waals surface area contributed by atoms with Crippen LogP contribution in [0.5, 0.6) is 0 Å². The first-order valence-electron chi connectivity index (χ1n) is 5.20. The summed E-state index contributed by atoms with van der Waals surface area (Å²) in [4.78, 5) is 23.5. The SMILES string of the molecule is CC(C)(C(N)=O)N(Cc1ccccc1)C(=O)O. The molecule has 0 aliphatic rings. The second-order valence-corrected chi connectivity index (χ2v) is 4.28. The minimum absolute atomic E-state index is 0.131. The van der Waals surface area contributed by atoms with Gasteiger partial charge >= 0.3 is 6.09 Å². The van der Waals surface area contributed by atoms with Gasteiger partial charge in [-0.3, -0.25) is 9.69 Å². The molecule has 0 fully saturated rings. The molecule has 5 nitrogen and oxygen atoms in total. The fourth-order valence-electron chi connectivity index (χ4n) is 1.40. The number of hydrogen-bond acceptors (Lipinski definition) is 2. The fourth-order valence-corrected chi connectivity index (χ4v) is 1.40. The van der Waals surface area contributed by atoms with Crippen LogP contribution in [0, 0.1) is 0 Å². The summed E-state index contributed by atoms with van der Waals surface area (Å²) in [5.41, 5.74) is 4.79. The molecule has 0 spiro atoms. The average Bonchev–Trinajstić information content (AvgIpc) is 2.26. The summed E-state index contributed by atoms with van der Waals surface area (Å²) in [5.74, 6) is -0.671. The second-order valence-electron chi connectivity index (χ2n) is 4.28. The number of rotatable bonds is 4. The van der Waals surface area contributed by atoms with Crippen LogP contribution in [0.3, 0.4) is 0 Å². The molecule has 0 aliphatic carbocycles. The topological polar surface area (TPSA) is 83.6 Å². The molecular weight excluding hydrogens is 220 g/mol. The third kappa shape index (κ3) is 2.96. The Morgan fingerprint density at radius 2 is 1.82 bits per heavy atom. The lowest BCUT2D eigenvalue weighted by atomic mass is 10.0. The molecule has 0 saturated heterocycles. The van der Waals surface area contributed by atoms with Crippen molar-refractivity contribution >= 4 is 12.0 Å². The first-order valence-corrected chi connectivity index (χ1v) is 5.20. The van der Waals surface area contributed by atoms with Crippen LogP contribution in [0.25, 0.3) is 0 Å². The Kier molecular flexibility index (Phi) is 3.73. The van der Waals surface area contributed by atoms with Crippen molar-refractivity contribution in [2.75, 3.05) is 0 Å². The molecule has 0 radical (unpaired) electrons. The summed E-state index contributed by atoms with van der Waals surface area (Å²) < 4.78 is 0. The average molecular weight is 236 g/mol. The van der Waals surface area contributed by atoms with E-state index in [2.05, 4.69) is 0 Å². The van der Waals surface area contributed by atoms with Gasteiger partial charge in [-0.15, -0.1) is 0 Å². The summed E-state index contributed by atoms with van der Waals surface area (Å²) in [6, 6.07) is 9.06. The van der Waals surface area contributed by atoms with Crippen molar-refractivity contribution in [3.05, 3.63) is 35.9 Å². The van der Waals surface area contributed by atoms with Crippen molar-refractivity contribution in [3.8, 4) is 0 Å². The zero-order chi connectivity index (χ0) is 13.1. The van der Waals surface area contributed by atoms with Crippen LogP contribution < -0.4 is 5.73 Å². The zero-order valence-corrected chi connectivity index (χ0v) is 9.88. The molecule has 0 aliphatic heterocycles. The second kappa shape index (κ2) is 4.86. The van der Waals surface area contributed by atoms with E-state index in [1.165, 1.54) is 13.8 Å². The van der Waals surface area contributed by atoms with Gasteiger partial charge in [-0.1, -0.05) is 30.3 Å². The van der Waals surface area contributed by atoms with E-state index in [4.69, 9.17) is 10.8 Å². The minimum Gasteiger partial charge on any atom is -0.465 e. The summed E-state index contributed by atoms with van der Waals surface area (Å²) >= 11 is 0. The molecule has 1 rings (SSSR count). The molecule has 5 heteroatoms. The van der Waals surface area contributed by atoms with E-state index in [1.54, 1.807) is 12.1 Å². The van der Waals surface area contributed by atoms with Gasteiger partial charge in [0.25, 0.3) is 0 Å². The van der Waals surface area contributed by atoms with Crippen LogP contribution in [0.1, 0.15) is 19.4 Å². The van der Waals surface area contributed by atoms with Crippen LogP contribution in [-0.2, 0) is 11.3 Å². The lowest BCUT2D eigenvalue weighted by Crippen LogP contribution is -2.54. The molecule has 0 saturated carbocycles. The molecule has 1 aromatic carbocycles. The highest BCUT2D eigenvalue weighted by Gasteiger charge is 2.36. The Balaban J connectivity index is 2.96. The number of nitrogens with two attached hydrogens (primary N) is 1. The van der Waals surface area contributed by atoms with Crippen molar-refractivity contribution in [1.29, 1.82) is 0 Å². The van der Waals surface area contributed by atoms with E-state index >= 15 is 0 Å². The summed E-state index contributed by atoms with van der Waals surface area (Å²) in [6.07, 6.45) is -1.17. The molecule has 17 heavy (non-hydrogen) atoms. The molecule has 92 valence electrons. The first kappa shape index (κ1) is 13.0. The molecule has 3 N–H and O–H groups in total. The van der Waals surface area contributed by atoms with Crippen molar-refractivity contribution in [2.45, 2.75) is 25.9 Å². The highest BCUT2D eigenvalue weighted by atomic mass is 16.4. The third-order valence-corrected chi connectivity index (χ3v) is 2.69. The Morgan fingerprint density at radius 1 is 1.29 bits per heavy atom. The van der Waals surface area contributed by atoms with E-state index < -0.39 is 17.5 Å². The number of nitrogens with zero attached hydrogens (tertiary/aromatic N) is 1. The van der Waals surface area contributed by atoms with E-state index in [0.717, 1.165) is 10.5 Å². The maximum Gasteiger partial charge on any atom is 0.408 e. The van der Waals surface area contributed by atoms with Crippen LogP contribution >= 0.6 is 0 Å². The van der Waals surface area contributed by atoms with Gasteiger partial charge in [0.05, 0.1) is 6.54 Å². The number of carboxylic acid groups (broad SMARTS) is 1. The summed E-state index contributed by atoms with van der Waals surface area (Å²) in [7, 11) is 0. The van der Waals surface area contributed by atoms with Gasteiger partial charge in [-0.2, -0.15) is 0 Å². The maximum absolute atomic E-state index is 11.3. The quantitative estimate of drug-likeness (QED) is 0.829. The number of amides is 2. The Bertz CT molecular complexity index is 415. The first-order chi connectivity index (χ1) is 7.85. The van der Waals surface area contributed by atoms with Crippen molar-refractivity contribution < 1.29 is 14.7 Å². The minimum atomic E-state index is -1.23. The van der Waals surface area contributed by atoms with Crippen molar-refractivity contribution in [1.82, 2.24) is 4.90 Å². The smallest absolute Gasteiger partial charge is 0.408 e. The fraction of sp³-hybridized carbons (Fsp3) is 0.333. The standard InChI is InChI=1S/C12H16N2O3/c1-12(2,10(13)15)14(11(16)17)8-9-6-4-3-5-7-9/h3-7H,8H2,1-2H3,(H2,13,15)(H,16,17). The normalized spacial score (nSPS) is 10.9. The number of carbonyl (C=O) groups excluding carboxylic acids is 1. The van der Waals surface area contributed by atoms with Gasteiger partial charge in [0, 0.05) is 0 Å². The highest BCUT2D eigenvalue weighted by molar-refractivity contribution is 5.87. The van der Waals surface area contributed by atoms with Gasteiger partial charge in [-0.05, 0) is 19.4 Å². The summed E-state index contributed by atoms with van der Waals surface area (Å²) in [5, 5.41) is 9.14. The molecule has 1 aromatic rings. The van der Waals surface area contributed by atoms with Crippen LogP contribution in [-0.4, -0.2) is 27.5 Å². The van der Waals surface area contributed by atoms with Crippen LogP contribution in [0.15, 0.2) is 30.3 Å². The van der Waals surface area contributed by atoms with Crippen LogP contribution in [0.2, 0.25) is 0 Å². The zero-order valence-electron chi connectivity index (χ0n) is 9.88. The largest absolute Gasteiger partial charge is 0.465 e. The molecule has 0 unspecified atom stereocenters. The third-order valence-electron chi connectivity index (χ3n) is 2.69. The molecule has 0 aromatic heterocycles. The number of benzene rings is 1. The lowest BCUT2D eigenvalue weighted by Gasteiger charge is -2.33. The van der Waals surface area contributed by atoms with E-state index in [0.29, 0.717) is 0 Å². The Hall–Kier alpha value is -2.04. The molecular formula is C12H16N2O3. The molecule has 0 heterocycles. The van der Waals surface area contributed by atoms with Gasteiger partial charge in [0.15, 0.2) is 0 Å². The van der Waals surface area contributed by atoms with Crippen LogP contribution in [0.4, 0.5) is 4.79 Å². The number of carbonyl (C=O) groups is 2.